The fourth-order valence-corrected chi connectivity index (χ4v) is 1.79. The summed E-state index contributed by atoms with van der Waals surface area (Å²) in [6, 6.07) is 1.89. The van der Waals surface area contributed by atoms with Gasteiger partial charge in [0.05, 0.1) is 12.7 Å². The first-order chi connectivity index (χ1) is 6.95. The van der Waals surface area contributed by atoms with Crippen LogP contribution in [0.15, 0.2) is 16.8 Å². The molecular formula is C10H17N3O. The second-order valence-electron chi connectivity index (χ2n) is 3.70. The Hall–Kier alpha value is -0.870. The largest absolute Gasteiger partial charge is 0.360 e. The Balaban J connectivity index is 1.55. The third-order valence-corrected chi connectivity index (χ3v) is 2.59. The third kappa shape index (κ3) is 2.82. The number of aromatic nitrogens is 1. The van der Waals surface area contributed by atoms with Crippen molar-refractivity contribution in [2.45, 2.75) is 19.4 Å². The number of rotatable bonds is 5. The summed E-state index contributed by atoms with van der Waals surface area (Å²) < 4.78 is 4.98. The summed E-state index contributed by atoms with van der Waals surface area (Å²) in [7, 11) is 0. The Bertz CT molecular complexity index is 242. The SMILES string of the molecule is c1cc(CNCCN2CCCC2)on1. The number of nitrogens with zero attached hydrogens (tertiary/aromatic N) is 2. The Morgan fingerprint density at radius 1 is 1.43 bits per heavy atom. The summed E-state index contributed by atoms with van der Waals surface area (Å²) in [5.74, 6) is 0.909. The summed E-state index contributed by atoms with van der Waals surface area (Å²) >= 11 is 0. The highest BCUT2D eigenvalue weighted by Gasteiger charge is 2.09. The quantitative estimate of drug-likeness (QED) is 0.707. The van der Waals surface area contributed by atoms with E-state index < -0.39 is 0 Å². The van der Waals surface area contributed by atoms with Crippen molar-refractivity contribution in [3.63, 3.8) is 0 Å². The van der Waals surface area contributed by atoms with Gasteiger partial charge in [-0.2, -0.15) is 0 Å². The van der Waals surface area contributed by atoms with Crippen molar-refractivity contribution >= 4 is 0 Å². The van der Waals surface area contributed by atoms with Gasteiger partial charge in [0.2, 0.25) is 0 Å². The average molecular weight is 195 g/mol. The van der Waals surface area contributed by atoms with E-state index in [-0.39, 0.29) is 0 Å². The Morgan fingerprint density at radius 2 is 2.29 bits per heavy atom. The molecule has 1 fully saturated rings. The van der Waals surface area contributed by atoms with Crippen molar-refractivity contribution in [2.24, 2.45) is 0 Å². The molecule has 1 saturated heterocycles. The number of hydrogen-bond acceptors (Lipinski definition) is 4. The van der Waals surface area contributed by atoms with Crippen LogP contribution in [-0.4, -0.2) is 36.2 Å². The van der Waals surface area contributed by atoms with Crippen LogP contribution in [0.1, 0.15) is 18.6 Å². The van der Waals surface area contributed by atoms with E-state index in [9.17, 15) is 0 Å². The predicted molar refractivity (Wildman–Crippen MR) is 53.9 cm³/mol. The molecule has 0 spiro atoms. The molecule has 1 aliphatic heterocycles. The van der Waals surface area contributed by atoms with E-state index in [1.54, 1.807) is 6.20 Å². The molecule has 1 aromatic heterocycles. The normalized spacial score (nSPS) is 17.7. The smallest absolute Gasteiger partial charge is 0.150 e. The van der Waals surface area contributed by atoms with Crippen LogP contribution in [-0.2, 0) is 6.54 Å². The highest BCUT2D eigenvalue weighted by Crippen LogP contribution is 2.05. The van der Waals surface area contributed by atoms with Crippen molar-refractivity contribution in [3.05, 3.63) is 18.0 Å². The van der Waals surface area contributed by atoms with Gasteiger partial charge in [0.15, 0.2) is 0 Å². The average Bonchev–Trinajstić information content (AvgIpc) is 2.86. The first-order valence-electron chi connectivity index (χ1n) is 5.28. The lowest BCUT2D eigenvalue weighted by Gasteiger charge is -2.13. The zero-order valence-corrected chi connectivity index (χ0v) is 8.41. The van der Waals surface area contributed by atoms with Crippen LogP contribution in [0, 0.1) is 0 Å². The maximum Gasteiger partial charge on any atom is 0.150 e. The lowest BCUT2D eigenvalue weighted by atomic mass is 10.4. The van der Waals surface area contributed by atoms with Gasteiger partial charge < -0.3 is 14.7 Å². The maximum absolute atomic E-state index is 4.98. The monoisotopic (exact) mass is 195 g/mol. The van der Waals surface area contributed by atoms with Gasteiger partial charge in [-0.25, -0.2) is 0 Å². The molecule has 0 bridgehead atoms. The van der Waals surface area contributed by atoms with E-state index in [0.29, 0.717) is 0 Å². The standard InChI is InChI=1S/C10H17N3O/c1-2-7-13(6-1)8-5-11-9-10-3-4-12-14-10/h3-4,11H,1-2,5-9H2. The molecule has 2 heterocycles. The fourth-order valence-electron chi connectivity index (χ4n) is 1.79. The van der Waals surface area contributed by atoms with Gasteiger partial charge in [0, 0.05) is 19.2 Å². The Kier molecular flexibility index (Phi) is 3.54. The van der Waals surface area contributed by atoms with Gasteiger partial charge in [-0.1, -0.05) is 5.16 Å². The van der Waals surface area contributed by atoms with Crippen LogP contribution in [0.5, 0.6) is 0 Å². The van der Waals surface area contributed by atoms with Gasteiger partial charge in [0.25, 0.3) is 0 Å². The minimum atomic E-state index is 0.786. The van der Waals surface area contributed by atoms with Gasteiger partial charge in [-0.05, 0) is 25.9 Å². The number of likely N-dealkylation sites (tertiary alicyclic amines) is 1. The molecule has 0 atom stereocenters. The summed E-state index contributed by atoms with van der Waals surface area (Å²) in [5.41, 5.74) is 0. The highest BCUT2D eigenvalue weighted by atomic mass is 16.5. The Labute approximate surface area is 84.3 Å². The molecule has 14 heavy (non-hydrogen) atoms. The van der Waals surface area contributed by atoms with E-state index in [2.05, 4.69) is 15.4 Å². The summed E-state index contributed by atoms with van der Waals surface area (Å²) in [5, 5.41) is 6.99. The van der Waals surface area contributed by atoms with Crippen LogP contribution in [0.4, 0.5) is 0 Å². The fraction of sp³-hybridized carbons (Fsp3) is 0.700. The first kappa shape index (κ1) is 9.68. The molecule has 0 aromatic carbocycles. The lowest BCUT2D eigenvalue weighted by Crippen LogP contribution is -2.29. The van der Waals surface area contributed by atoms with Gasteiger partial charge in [-0.15, -0.1) is 0 Å². The van der Waals surface area contributed by atoms with Crippen molar-refractivity contribution in [2.75, 3.05) is 26.2 Å². The van der Waals surface area contributed by atoms with E-state index in [0.717, 1.165) is 25.4 Å². The van der Waals surface area contributed by atoms with Crippen LogP contribution in [0.3, 0.4) is 0 Å². The minimum absolute atomic E-state index is 0.786. The van der Waals surface area contributed by atoms with Crippen LogP contribution in [0.25, 0.3) is 0 Å². The molecule has 0 unspecified atom stereocenters. The van der Waals surface area contributed by atoms with E-state index in [1.807, 2.05) is 6.07 Å². The highest BCUT2D eigenvalue weighted by molar-refractivity contribution is 4.91. The zero-order chi connectivity index (χ0) is 9.64. The van der Waals surface area contributed by atoms with Gasteiger partial charge >= 0.3 is 0 Å². The molecule has 4 nitrogen and oxygen atoms in total. The van der Waals surface area contributed by atoms with Crippen molar-refractivity contribution in [1.29, 1.82) is 0 Å². The molecule has 0 radical (unpaired) electrons. The number of nitrogens with one attached hydrogen (secondary N) is 1. The molecule has 4 heteroatoms. The van der Waals surface area contributed by atoms with E-state index >= 15 is 0 Å². The molecule has 1 N–H and O–H groups in total. The summed E-state index contributed by atoms with van der Waals surface area (Å²) in [6.07, 6.45) is 4.40. The minimum Gasteiger partial charge on any atom is -0.360 e. The zero-order valence-electron chi connectivity index (χ0n) is 8.41. The Morgan fingerprint density at radius 3 is 3.00 bits per heavy atom. The van der Waals surface area contributed by atoms with Crippen LogP contribution in [0.2, 0.25) is 0 Å². The molecule has 0 aliphatic carbocycles. The van der Waals surface area contributed by atoms with Crippen molar-refractivity contribution < 1.29 is 4.52 Å². The van der Waals surface area contributed by atoms with Gasteiger partial charge in [0.1, 0.15) is 5.76 Å². The summed E-state index contributed by atoms with van der Waals surface area (Å²) in [4.78, 5) is 2.49. The third-order valence-electron chi connectivity index (χ3n) is 2.59. The maximum atomic E-state index is 4.98. The molecular weight excluding hydrogens is 178 g/mol. The van der Waals surface area contributed by atoms with Gasteiger partial charge in [-0.3, -0.25) is 0 Å². The topological polar surface area (TPSA) is 41.3 Å². The van der Waals surface area contributed by atoms with Crippen LogP contribution < -0.4 is 5.32 Å². The van der Waals surface area contributed by atoms with E-state index in [1.165, 1.54) is 25.9 Å². The predicted octanol–water partition coefficient (Wildman–Crippen LogP) is 0.860. The second kappa shape index (κ2) is 5.12. The molecule has 78 valence electrons. The van der Waals surface area contributed by atoms with E-state index in [4.69, 9.17) is 4.52 Å². The summed E-state index contributed by atoms with van der Waals surface area (Å²) in [6.45, 7) is 5.50. The molecule has 1 aliphatic rings. The lowest BCUT2D eigenvalue weighted by molar-refractivity contribution is 0.326. The first-order valence-corrected chi connectivity index (χ1v) is 5.28. The molecule has 1 aromatic rings. The van der Waals surface area contributed by atoms with Crippen molar-refractivity contribution in [3.8, 4) is 0 Å². The second-order valence-corrected chi connectivity index (χ2v) is 3.70. The number of hydrogen-bond donors (Lipinski definition) is 1. The molecule has 2 rings (SSSR count). The molecule has 0 saturated carbocycles. The van der Waals surface area contributed by atoms with Crippen molar-refractivity contribution in [1.82, 2.24) is 15.4 Å². The molecule has 0 amide bonds. The van der Waals surface area contributed by atoms with Crippen LogP contribution >= 0.6 is 0 Å².